The molecule has 3 heteroatoms. The Balaban J connectivity index is 2.74. The van der Waals surface area contributed by atoms with E-state index in [0.29, 0.717) is 5.75 Å². The number of hydrogen-bond donors (Lipinski definition) is 1. The number of nitrogens with zero attached hydrogens (tertiary/aromatic N) is 2. The maximum atomic E-state index is 9.78. The molecule has 0 aliphatic rings. The second kappa shape index (κ2) is 2.76. The number of fused-ring (bicyclic) bond motifs is 1. The number of pyridine rings is 1. The van der Waals surface area contributed by atoms with Gasteiger partial charge < -0.3 is 5.11 Å². The Bertz CT molecular complexity index is 431. The van der Waals surface area contributed by atoms with Crippen LogP contribution in [0.2, 0.25) is 0 Å². The van der Waals surface area contributed by atoms with Crippen LogP contribution in [0, 0.1) is 0 Å². The highest BCUT2D eigenvalue weighted by Crippen LogP contribution is 2.28. The van der Waals surface area contributed by atoms with Crippen LogP contribution >= 0.6 is 0 Å². The van der Waals surface area contributed by atoms with E-state index in [-0.39, 0.29) is 5.92 Å². The third-order valence-electron chi connectivity index (χ3n) is 2.09. The standard InChI is InChI=1S/C10H12N2O/c1-7(2)9-10(13)8-5-3-4-6-12(8)11-9/h3-7,13H,1-2H3. The fourth-order valence-corrected chi connectivity index (χ4v) is 1.39. The van der Waals surface area contributed by atoms with Crippen molar-refractivity contribution >= 4 is 5.52 Å². The lowest BCUT2D eigenvalue weighted by Gasteiger charge is -1.97. The average molecular weight is 176 g/mol. The van der Waals surface area contributed by atoms with Crippen LogP contribution in [0.25, 0.3) is 5.52 Å². The summed E-state index contributed by atoms with van der Waals surface area (Å²) >= 11 is 0. The zero-order chi connectivity index (χ0) is 9.42. The van der Waals surface area contributed by atoms with Crippen molar-refractivity contribution in [2.24, 2.45) is 0 Å². The van der Waals surface area contributed by atoms with Crippen LogP contribution in [0.5, 0.6) is 5.75 Å². The van der Waals surface area contributed by atoms with E-state index < -0.39 is 0 Å². The largest absolute Gasteiger partial charge is 0.504 e. The lowest BCUT2D eigenvalue weighted by molar-refractivity contribution is 0.470. The molecule has 0 unspecified atom stereocenters. The molecule has 2 aromatic heterocycles. The molecule has 0 aromatic carbocycles. The monoisotopic (exact) mass is 176 g/mol. The fraction of sp³-hybridized carbons (Fsp3) is 0.300. The molecular formula is C10H12N2O. The van der Waals surface area contributed by atoms with Gasteiger partial charge in [-0.05, 0) is 12.1 Å². The van der Waals surface area contributed by atoms with Gasteiger partial charge in [-0.1, -0.05) is 19.9 Å². The van der Waals surface area contributed by atoms with Crippen molar-refractivity contribution < 1.29 is 5.11 Å². The van der Waals surface area contributed by atoms with E-state index in [4.69, 9.17) is 0 Å². The zero-order valence-corrected chi connectivity index (χ0v) is 7.73. The van der Waals surface area contributed by atoms with Gasteiger partial charge >= 0.3 is 0 Å². The van der Waals surface area contributed by atoms with Crippen molar-refractivity contribution in [3.63, 3.8) is 0 Å². The van der Waals surface area contributed by atoms with Gasteiger partial charge in [0.05, 0.1) is 0 Å². The Morgan fingerprint density at radius 1 is 1.38 bits per heavy atom. The average Bonchev–Trinajstić information content (AvgIpc) is 2.45. The van der Waals surface area contributed by atoms with Gasteiger partial charge in [0, 0.05) is 12.1 Å². The summed E-state index contributed by atoms with van der Waals surface area (Å²) in [6.45, 7) is 4.03. The van der Waals surface area contributed by atoms with Crippen molar-refractivity contribution in [2.75, 3.05) is 0 Å². The second-order valence-electron chi connectivity index (χ2n) is 3.42. The number of aromatic hydroxyl groups is 1. The van der Waals surface area contributed by atoms with E-state index in [1.54, 1.807) is 4.52 Å². The molecule has 2 rings (SSSR count). The molecule has 68 valence electrons. The van der Waals surface area contributed by atoms with Gasteiger partial charge in [-0.15, -0.1) is 0 Å². The summed E-state index contributed by atoms with van der Waals surface area (Å²) in [6.07, 6.45) is 1.83. The van der Waals surface area contributed by atoms with Crippen LogP contribution in [0.15, 0.2) is 24.4 Å². The smallest absolute Gasteiger partial charge is 0.165 e. The van der Waals surface area contributed by atoms with Gasteiger partial charge in [-0.2, -0.15) is 5.10 Å². The van der Waals surface area contributed by atoms with Crippen molar-refractivity contribution in [1.82, 2.24) is 9.61 Å². The predicted molar refractivity (Wildman–Crippen MR) is 50.9 cm³/mol. The first-order valence-electron chi connectivity index (χ1n) is 4.36. The summed E-state index contributed by atoms with van der Waals surface area (Å²) < 4.78 is 1.70. The highest BCUT2D eigenvalue weighted by molar-refractivity contribution is 5.61. The second-order valence-corrected chi connectivity index (χ2v) is 3.42. The Kier molecular flexibility index (Phi) is 1.72. The van der Waals surface area contributed by atoms with E-state index in [1.165, 1.54) is 0 Å². The van der Waals surface area contributed by atoms with Crippen LogP contribution in [0.1, 0.15) is 25.5 Å². The SMILES string of the molecule is CC(C)c1nn2ccccc2c1O. The van der Waals surface area contributed by atoms with Crippen LogP contribution in [0.3, 0.4) is 0 Å². The summed E-state index contributed by atoms with van der Waals surface area (Å²) in [5, 5.41) is 14.1. The minimum Gasteiger partial charge on any atom is -0.504 e. The Hall–Kier alpha value is -1.51. The molecule has 3 nitrogen and oxygen atoms in total. The fourth-order valence-electron chi connectivity index (χ4n) is 1.39. The van der Waals surface area contributed by atoms with Crippen LogP contribution < -0.4 is 0 Å². The zero-order valence-electron chi connectivity index (χ0n) is 7.73. The Labute approximate surface area is 76.6 Å². The molecule has 13 heavy (non-hydrogen) atoms. The van der Waals surface area contributed by atoms with Gasteiger partial charge in [0.1, 0.15) is 11.2 Å². The molecule has 0 fully saturated rings. The number of aromatic nitrogens is 2. The third kappa shape index (κ3) is 1.16. The normalized spacial score (nSPS) is 11.3. The quantitative estimate of drug-likeness (QED) is 0.723. The minimum absolute atomic E-state index is 0.250. The molecule has 2 aromatic rings. The topological polar surface area (TPSA) is 37.5 Å². The molecule has 0 amide bonds. The predicted octanol–water partition coefficient (Wildman–Crippen LogP) is 2.16. The first kappa shape index (κ1) is 8.10. The van der Waals surface area contributed by atoms with Gasteiger partial charge in [0.2, 0.25) is 0 Å². The maximum Gasteiger partial charge on any atom is 0.165 e. The molecule has 0 atom stereocenters. The van der Waals surface area contributed by atoms with E-state index in [0.717, 1.165) is 11.2 Å². The molecule has 0 saturated carbocycles. The van der Waals surface area contributed by atoms with E-state index >= 15 is 0 Å². The summed E-state index contributed by atoms with van der Waals surface area (Å²) in [4.78, 5) is 0. The molecule has 0 spiro atoms. The molecule has 1 N–H and O–H groups in total. The lowest BCUT2D eigenvalue weighted by atomic mass is 10.1. The van der Waals surface area contributed by atoms with Gasteiger partial charge in [-0.3, -0.25) is 0 Å². The van der Waals surface area contributed by atoms with Crippen molar-refractivity contribution in [2.45, 2.75) is 19.8 Å². The minimum atomic E-state index is 0.250. The highest BCUT2D eigenvalue weighted by Gasteiger charge is 2.13. The lowest BCUT2D eigenvalue weighted by Crippen LogP contribution is -1.89. The summed E-state index contributed by atoms with van der Waals surface area (Å²) in [5.74, 6) is 0.551. The summed E-state index contributed by atoms with van der Waals surface area (Å²) in [6, 6.07) is 5.64. The van der Waals surface area contributed by atoms with E-state index in [2.05, 4.69) is 5.10 Å². The van der Waals surface area contributed by atoms with Crippen LogP contribution in [-0.2, 0) is 0 Å². The van der Waals surface area contributed by atoms with Gasteiger partial charge in [-0.25, -0.2) is 4.52 Å². The third-order valence-corrected chi connectivity index (χ3v) is 2.09. The first-order valence-corrected chi connectivity index (χ1v) is 4.36. The first-order chi connectivity index (χ1) is 6.20. The van der Waals surface area contributed by atoms with Crippen LogP contribution in [0.4, 0.5) is 0 Å². The molecule has 0 saturated heterocycles. The number of rotatable bonds is 1. The van der Waals surface area contributed by atoms with Gasteiger partial charge in [0.15, 0.2) is 5.75 Å². The highest BCUT2D eigenvalue weighted by atomic mass is 16.3. The molecular weight excluding hydrogens is 164 g/mol. The van der Waals surface area contributed by atoms with Crippen molar-refractivity contribution in [1.29, 1.82) is 0 Å². The molecule has 0 radical (unpaired) electrons. The maximum absolute atomic E-state index is 9.78. The molecule has 2 heterocycles. The van der Waals surface area contributed by atoms with Crippen LogP contribution in [-0.4, -0.2) is 14.7 Å². The summed E-state index contributed by atoms with van der Waals surface area (Å²) in [7, 11) is 0. The number of hydrogen-bond acceptors (Lipinski definition) is 2. The van der Waals surface area contributed by atoms with E-state index in [1.807, 2.05) is 38.2 Å². The van der Waals surface area contributed by atoms with Crippen molar-refractivity contribution in [3.8, 4) is 5.75 Å². The van der Waals surface area contributed by atoms with Gasteiger partial charge in [0.25, 0.3) is 0 Å². The Morgan fingerprint density at radius 2 is 2.15 bits per heavy atom. The van der Waals surface area contributed by atoms with Crippen molar-refractivity contribution in [3.05, 3.63) is 30.1 Å². The Morgan fingerprint density at radius 3 is 2.77 bits per heavy atom. The molecule has 0 bridgehead atoms. The molecule has 0 aliphatic heterocycles. The van der Waals surface area contributed by atoms with E-state index in [9.17, 15) is 5.11 Å². The molecule has 0 aliphatic carbocycles. The summed E-state index contributed by atoms with van der Waals surface area (Å²) in [5.41, 5.74) is 1.53.